The van der Waals surface area contributed by atoms with Crippen molar-refractivity contribution < 1.29 is 17.6 Å². The smallest absolute Gasteiger partial charge is 0.289 e. The van der Waals surface area contributed by atoms with Crippen LogP contribution in [0.2, 0.25) is 0 Å². The molecule has 2 N–H and O–H groups in total. The first-order chi connectivity index (χ1) is 11.4. The third-order valence-corrected chi connectivity index (χ3v) is 6.12. The van der Waals surface area contributed by atoms with Gasteiger partial charge in [-0.25, -0.2) is 13.6 Å². The summed E-state index contributed by atoms with van der Waals surface area (Å²) >= 11 is 0. The van der Waals surface area contributed by atoms with Gasteiger partial charge in [0.25, 0.3) is 15.9 Å². The van der Waals surface area contributed by atoms with Gasteiger partial charge in [0.1, 0.15) is 0 Å². The first-order valence-electron chi connectivity index (χ1n) is 8.89. The lowest BCUT2D eigenvalue weighted by molar-refractivity contribution is 0.0685. The van der Waals surface area contributed by atoms with E-state index in [0.29, 0.717) is 6.54 Å². The Bertz CT molecular complexity index is 677. The summed E-state index contributed by atoms with van der Waals surface area (Å²) in [5.74, 6) is 0.633. The molecule has 0 aromatic carbocycles. The molecule has 1 unspecified atom stereocenters. The second kappa shape index (κ2) is 7.27. The zero-order valence-electron chi connectivity index (χ0n) is 13.9. The summed E-state index contributed by atoms with van der Waals surface area (Å²) in [6.45, 7) is 0.708. The van der Waals surface area contributed by atoms with Gasteiger partial charge in [0, 0.05) is 12.6 Å². The maximum Gasteiger partial charge on any atom is 0.289 e. The molecule has 1 saturated carbocycles. The second-order valence-corrected chi connectivity index (χ2v) is 8.53. The molecule has 2 heterocycles. The molecule has 6 nitrogen and oxygen atoms in total. The molecule has 3 rings (SSSR count). The van der Waals surface area contributed by atoms with Crippen molar-refractivity contribution in [1.29, 1.82) is 0 Å². The average molecular weight is 354 g/mol. The average Bonchev–Trinajstić information content (AvgIpc) is 3.22. The highest BCUT2D eigenvalue weighted by Crippen LogP contribution is 2.31. The standard InChI is InChI=1S/C17H26N2O4S/c18-24(21,22)16-11-10-15(23-16)17(20)19-12-4-7-14(19)9-8-13-5-2-1-3-6-13/h10-11,13-14H,1-9,12H2,(H2,18,21,22). The quantitative estimate of drug-likeness (QED) is 0.880. The highest BCUT2D eigenvalue weighted by molar-refractivity contribution is 7.89. The van der Waals surface area contributed by atoms with Crippen molar-refractivity contribution in [3.8, 4) is 0 Å². The van der Waals surface area contributed by atoms with Crippen molar-refractivity contribution in [2.45, 2.75) is 68.9 Å². The Hall–Kier alpha value is -1.34. The molecule has 0 radical (unpaired) electrons. The van der Waals surface area contributed by atoms with Crippen LogP contribution in [0.1, 0.15) is 68.3 Å². The molecule has 7 heteroatoms. The summed E-state index contributed by atoms with van der Waals surface area (Å²) in [5.41, 5.74) is 0. The number of amides is 1. The van der Waals surface area contributed by atoms with Crippen LogP contribution in [0.3, 0.4) is 0 Å². The zero-order chi connectivity index (χ0) is 17.2. The number of carbonyl (C=O) groups is 1. The highest BCUT2D eigenvalue weighted by atomic mass is 32.2. The molecule has 24 heavy (non-hydrogen) atoms. The van der Waals surface area contributed by atoms with E-state index in [1.54, 1.807) is 0 Å². The maximum absolute atomic E-state index is 12.6. The predicted molar refractivity (Wildman–Crippen MR) is 89.9 cm³/mol. The number of rotatable bonds is 5. The number of carbonyl (C=O) groups excluding carboxylic acids is 1. The van der Waals surface area contributed by atoms with Crippen LogP contribution in [0, 0.1) is 5.92 Å². The van der Waals surface area contributed by atoms with Crippen LogP contribution in [-0.2, 0) is 10.0 Å². The van der Waals surface area contributed by atoms with Gasteiger partial charge in [0.2, 0.25) is 5.09 Å². The molecule has 1 aromatic heterocycles. The molecule has 1 aromatic rings. The molecule has 0 spiro atoms. The predicted octanol–water partition coefficient (Wildman–Crippen LogP) is 2.89. The van der Waals surface area contributed by atoms with Crippen molar-refractivity contribution in [1.82, 2.24) is 4.90 Å². The molecule has 1 aliphatic heterocycles. The lowest BCUT2D eigenvalue weighted by Crippen LogP contribution is -2.35. The molecule has 0 bridgehead atoms. The molecule has 1 amide bonds. The number of nitrogens with zero attached hydrogens (tertiary/aromatic N) is 1. The third-order valence-electron chi connectivity index (χ3n) is 5.34. The number of hydrogen-bond acceptors (Lipinski definition) is 4. The highest BCUT2D eigenvalue weighted by Gasteiger charge is 2.32. The van der Waals surface area contributed by atoms with Crippen LogP contribution in [0.15, 0.2) is 21.6 Å². The number of hydrogen-bond donors (Lipinski definition) is 1. The lowest BCUT2D eigenvalue weighted by Gasteiger charge is -2.27. The van der Waals surface area contributed by atoms with E-state index in [1.807, 2.05) is 4.90 Å². The number of nitrogens with two attached hydrogens (primary N) is 1. The summed E-state index contributed by atoms with van der Waals surface area (Å²) in [5, 5.41) is 4.68. The van der Waals surface area contributed by atoms with Crippen LogP contribution in [-0.4, -0.2) is 31.8 Å². The van der Waals surface area contributed by atoms with Crippen molar-refractivity contribution >= 4 is 15.9 Å². The molecule has 2 aliphatic rings. The third kappa shape index (κ3) is 4.00. The Morgan fingerprint density at radius 1 is 1.12 bits per heavy atom. The SMILES string of the molecule is NS(=O)(=O)c1ccc(C(=O)N2CCCC2CCC2CCCCC2)o1. The Balaban J connectivity index is 1.61. The van der Waals surface area contributed by atoms with E-state index in [9.17, 15) is 13.2 Å². The first-order valence-corrected chi connectivity index (χ1v) is 10.4. The molecule has 2 fully saturated rings. The van der Waals surface area contributed by atoms with E-state index in [1.165, 1.54) is 50.7 Å². The van der Waals surface area contributed by atoms with E-state index >= 15 is 0 Å². The van der Waals surface area contributed by atoms with Gasteiger partial charge in [0.05, 0.1) is 0 Å². The number of furan rings is 1. The van der Waals surface area contributed by atoms with Crippen LogP contribution in [0.4, 0.5) is 0 Å². The monoisotopic (exact) mass is 354 g/mol. The van der Waals surface area contributed by atoms with Crippen LogP contribution in [0.25, 0.3) is 0 Å². The Kier molecular flexibility index (Phi) is 5.30. The largest absolute Gasteiger partial charge is 0.438 e. The number of sulfonamides is 1. The van der Waals surface area contributed by atoms with Gasteiger partial charge in [-0.3, -0.25) is 4.79 Å². The fourth-order valence-electron chi connectivity index (χ4n) is 4.04. The van der Waals surface area contributed by atoms with E-state index in [4.69, 9.17) is 9.56 Å². The Morgan fingerprint density at radius 2 is 1.88 bits per heavy atom. The topological polar surface area (TPSA) is 93.6 Å². The van der Waals surface area contributed by atoms with Crippen molar-refractivity contribution in [2.24, 2.45) is 11.1 Å². The van der Waals surface area contributed by atoms with E-state index in [-0.39, 0.29) is 22.8 Å². The van der Waals surface area contributed by atoms with Gasteiger partial charge in [-0.1, -0.05) is 32.1 Å². The van der Waals surface area contributed by atoms with Crippen LogP contribution in [0.5, 0.6) is 0 Å². The number of likely N-dealkylation sites (tertiary alicyclic amines) is 1. The summed E-state index contributed by atoms with van der Waals surface area (Å²) < 4.78 is 27.7. The van der Waals surface area contributed by atoms with Gasteiger partial charge in [0.15, 0.2) is 5.76 Å². The van der Waals surface area contributed by atoms with E-state index in [2.05, 4.69) is 0 Å². The number of primary sulfonamides is 1. The zero-order valence-corrected chi connectivity index (χ0v) is 14.8. The summed E-state index contributed by atoms with van der Waals surface area (Å²) in [6.07, 6.45) is 10.9. The Morgan fingerprint density at radius 3 is 2.54 bits per heavy atom. The van der Waals surface area contributed by atoms with E-state index in [0.717, 1.165) is 25.2 Å². The van der Waals surface area contributed by atoms with Crippen LogP contribution >= 0.6 is 0 Å². The summed E-state index contributed by atoms with van der Waals surface area (Å²) in [7, 11) is -3.91. The van der Waals surface area contributed by atoms with Crippen molar-refractivity contribution in [2.75, 3.05) is 6.54 Å². The van der Waals surface area contributed by atoms with Gasteiger partial charge in [-0.2, -0.15) is 0 Å². The van der Waals surface area contributed by atoms with Crippen LogP contribution < -0.4 is 5.14 Å². The molecule has 134 valence electrons. The molecule has 1 aliphatic carbocycles. The van der Waals surface area contributed by atoms with Gasteiger partial charge in [-0.15, -0.1) is 0 Å². The fourth-order valence-corrected chi connectivity index (χ4v) is 4.50. The molecular formula is C17H26N2O4S. The summed E-state index contributed by atoms with van der Waals surface area (Å²) in [4.78, 5) is 14.5. The lowest BCUT2D eigenvalue weighted by atomic mass is 9.85. The summed E-state index contributed by atoms with van der Waals surface area (Å²) in [6, 6.07) is 2.89. The van der Waals surface area contributed by atoms with Crippen molar-refractivity contribution in [3.05, 3.63) is 17.9 Å². The van der Waals surface area contributed by atoms with Gasteiger partial charge >= 0.3 is 0 Å². The van der Waals surface area contributed by atoms with E-state index < -0.39 is 10.0 Å². The first kappa shape index (κ1) is 17.5. The minimum atomic E-state index is -3.91. The Labute approximate surface area is 143 Å². The second-order valence-electron chi connectivity index (χ2n) is 7.04. The molecule has 1 atom stereocenters. The normalized spacial score (nSPS) is 22.9. The fraction of sp³-hybridized carbons (Fsp3) is 0.706. The minimum Gasteiger partial charge on any atom is -0.438 e. The molecule has 1 saturated heterocycles. The van der Waals surface area contributed by atoms with Gasteiger partial charge < -0.3 is 9.32 Å². The maximum atomic E-state index is 12.6. The minimum absolute atomic E-state index is 0.0589. The van der Waals surface area contributed by atoms with Crippen molar-refractivity contribution in [3.63, 3.8) is 0 Å². The van der Waals surface area contributed by atoms with Gasteiger partial charge in [-0.05, 0) is 43.7 Å². The molecular weight excluding hydrogens is 328 g/mol.